The van der Waals surface area contributed by atoms with Gasteiger partial charge in [0.2, 0.25) is 5.76 Å². The van der Waals surface area contributed by atoms with Crippen molar-refractivity contribution in [1.29, 1.82) is 0 Å². The van der Waals surface area contributed by atoms with Gasteiger partial charge in [0.15, 0.2) is 0 Å². The van der Waals surface area contributed by atoms with Gasteiger partial charge < -0.3 is 14.9 Å². The lowest BCUT2D eigenvalue weighted by Gasteiger charge is -2.37. The number of carbonyl (C=O) groups excluding carboxylic acids is 1. The maximum absolute atomic E-state index is 12.5. The van der Waals surface area contributed by atoms with E-state index in [0.717, 1.165) is 24.2 Å². The number of carbonyl (C=O) groups is 1. The summed E-state index contributed by atoms with van der Waals surface area (Å²) in [4.78, 5) is 16.8. The molecule has 0 spiro atoms. The molecule has 6 nitrogen and oxygen atoms in total. The van der Waals surface area contributed by atoms with E-state index in [1.165, 1.54) is 0 Å². The Morgan fingerprint density at radius 1 is 1.38 bits per heavy atom. The molecule has 1 amide bonds. The van der Waals surface area contributed by atoms with Crippen molar-refractivity contribution in [1.82, 2.24) is 15.5 Å². The SMILES string of the molecule is O=C(NC(Cc1ccccn1)C1CC(O)C1)c1cc(C2CC2)no1. The molecule has 2 aliphatic rings. The van der Waals surface area contributed by atoms with Gasteiger partial charge in [-0.1, -0.05) is 11.2 Å². The highest BCUT2D eigenvalue weighted by atomic mass is 16.5. The van der Waals surface area contributed by atoms with Crippen molar-refractivity contribution in [3.8, 4) is 0 Å². The predicted octanol–water partition coefficient (Wildman–Crippen LogP) is 2.06. The summed E-state index contributed by atoms with van der Waals surface area (Å²) in [5.74, 6) is 0.748. The number of aromatic nitrogens is 2. The zero-order valence-corrected chi connectivity index (χ0v) is 13.4. The molecule has 6 heteroatoms. The second kappa shape index (κ2) is 6.36. The molecule has 2 aromatic rings. The van der Waals surface area contributed by atoms with Gasteiger partial charge in [0.05, 0.1) is 11.8 Å². The Labute approximate surface area is 140 Å². The number of nitrogens with zero attached hydrogens (tertiary/aromatic N) is 2. The van der Waals surface area contributed by atoms with Crippen molar-refractivity contribution in [2.24, 2.45) is 5.92 Å². The van der Waals surface area contributed by atoms with E-state index in [2.05, 4.69) is 15.5 Å². The Kier molecular flexibility index (Phi) is 4.06. The maximum atomic E-state index is 12.5. The molecule has 2 fully saturated rings. The number of rotatable bonds is 6. The first-order valence-corrected chi connectivity index (χ1v) is 8.54. The van der Waals surface area contributed by atoms with Crippen molar-refractivity contribution < 1.29 is 14.4 Å². The van der Waals surface area contributed by atoms with Gasteiger partial charge >= 0.3 is 0 Å². The van der Waals surface area contributed by atoms with E-state index < -0.39 is 0 Å². The minimum atomic E-state index is -0.259. The molecule has 24 heavy (non-hydrogen) atoms. The van der Waals surface area contributed by atoms with Crippen molar-refractivity contribution in [2.45, 2.75) is 50.2 Å². The lowest BCUT2D eigenvalue weighted by atomic mass is 9.76. The molecule has 2 N–H and O–H groups in total. The van der Waals surface area contributed by atoms with E-state index in [4.69, 9.17) is 4.52 Å². The zero-order valence-electron chi connectivity index (χ0n) is 13.4. The van der Waals surface area contributed by atoms with Gasteiger partial charge in [-0.05, 0) is 43.7 Å². The van der Waals surface area contributed by atoms with Crippen LogP contribution in [0.1, 0.15) is 53.5 Å². The second-order valence-electron chi connectivity index (χ2n) is 6.88. The average Bonchev–Trinajstić information content (AvgIpc) is 3.29. The maximum Gasteiger partial charge on any atom is 0.290 e. The fourth-order valence-electron chi connectivity index (χ4n) is 3.25. The van der Waals surface area contributed by atoms with Crippen LogP contribution in [-0.2, 0) is 6.42 Å². The van der Waals surface area contributed by atoms with E-state index in [9.17, 15) is 9.90 Å². The monoisotopic (exact) mass is 327 g/mol. The minimum absolute atomic E-state index is 0.0646. The van der Waals surface area contributed by atoms with Gasteiger partial charge in [-0.2, -0.15) is 0 Å². The molecule has 1 atom stereocenters. The average molecular weight is 327 g/mol. The molecule has 1 unspecified atom stereocenters. The molecule has 2 aliphatic carbocycles. The van der Waals surface area contributed by atoms with Crippen molar-refractivity contribution >= 4 is 5.91 Å². The summed E-state index contributed by atoms with van der Waals surface area (Å²) in [6, 6.07) is 7.45. The summed E-state index contributed by atoms with van der Waals surface area (Å²) in [5, 5.41) is 16.6. The number of pyridine rings is 1. The highest BCUT2D eigenvalue weighted by Gasteiger charge is 2.36. The third-order valence-corrected chi connectivity index (χ3v) is 4.94. The number of hydrogen-bond acceptors (Lipinski definition) is 5. The van der Waals surface area contributed by atoms with Gasteiger partial charge in [0, 0.05) is 36.3 Å². The lowest BCUT2D eigenvalue weighted by molar-refractivity contribution is 0.0234. The summed E-state index contributed by atoms with van der Waals surface area (Å²) < 4.78 is 5.20. The number of aliphatic hydroxyl groups is 1. The fraction of sp³-hybridized carbons (Fsp3) is 0.500. The van der Waals surface area contributed by atoms with Crippen LogP contribution < -0.4 is 5.32 Å². The van der Waals surface area contributed by atoms with E-state index in [0.29, 0.717) is 25.2 Å². The van der Waals surface area contributed by atoms with Gasteiger partial charge in [0.25, 0.3) is 5.91 Å². The van der Waals surface area contributed by atoms with Crippen LogP contribution in [0.25, 0.3) is 0 Å². The Balaban J connectivity index is 1.44. The van der Waals surface area contributed by atoms with E-state index >= 15 is 0 Å². The number of aliphatic hydroxyl groups excluding tert-OH is 1. The van der Waals surface area contributed by atoms with Crippen LogP contribution in [-0.4, -0.2) is 33.3 Å². The predicted molar refractivity (Wildman–Crippen MR) is 86.4 cm³/mol. The quantitative estimate of drug-likeness (QED) is 0.848. The topological polar surface area (TPSA) is 88.2 Å². The van der Waals surface area contributed by atoms with Gasteiger partial charge in [-0.25, -0.2) is 0 Å². The fourth-order valence-corrected chi connectivity index (χ4v) is 3.25. The van der Waals surface area contributed by atoms with Crippen LogP contribution in [0.15, 0.2) is 35.0 Å². The van der Waals surface area contributed by atoms with E-state index in [1.807, 2.05) is 18.2 Å². The summed E-state index contributed by atoms with van der Waals surface area (Å²) in [6.07, 6.45) is 5.80. The van der Waals surface area contributed by atoms with E-state index in [-0.39, 0.29) is 29.7 Å². The normalized spacial score (nSPS) is 24.2. The van der Waals surface area contributed by atoms with Crippen molar-refractivity contribution in [2.75, 3.05) is 0 Å². The molecular formula is C18H21N3O3. The van der Waals surface area contributed by atoms with Crippen molar-refractivity contribution in [3.63, 3.8) is 0 Å². The second-order valence-corrected chi connectivity index (χ2v) is 6.88. The zero-order chi connectivity index (χ0) is 16.5. The molecule has 2 saturated carbocycles. The van der Waals surface area contributed by atoms with Crippen LogP contribution in [0.3, 0.4) is 0 Å². The summed E-state index contributed by atoms with van der Waals surface area (Å²) >= 11 is 0. The van der Waals surface area contributed by atoms with E-state index in [1.54, 1.807) is 12.3 Å². The first-order chi connectivity index (χ1) is 11.7. The highest BCUT2D eigenvalue weighted by Crippen LogP contribution is 2.39. The summed E-state index contributed by atoms with van der Waals surface area (Å²) in [7, 11) is 0. The van der Waals surface area contributed by atoms with Gasteiger partial charge in [-0.3, -0.25) is 9.78 Å². The van der Waals surface area contributed by atoms with Crippen LogP contribution >= 0.6 is 0 Å². The lowest BCUT2D eigenvalue weighted by Crippen LogP contribution is -2.48. The number of hydrogen-bond donors (Lipinski definition) is 2. The van der Waals surface area contributed by atoms with Gasteiger partial charge in [-0.15, -0.1) is 0 Å². The Bertz CT molecular complexity index is 705. The standard InChI is InChI=1S/C18H21N3O3/c22-14-7-12(8-14)15(9-13-3-1-2-6-19-13)20-18(23)17-10-16(21-24-17)11-4-5-11/h1-3,6,10-12,14-15,22H,4-5,7-9H2,(H,20,23). The smallest absolute Gasteiger partial charge is 0.290 e. The largest absolute Gasteiger partial charge is 0.393 e. The molecule has 0 aromatic carbocycles. The third kappa shape index (κ3) is 3.33. The molecule has 0 aliphatic heterocycles. The van der Waals surface area contributed by atoms with Gasteiger partial charge in [0.1, 0.15) is 0 Å². The number of amides is 1. The molecular weight excluding hydrogens is 306 g/mol. The molecule has 126 valence electrons. The van der Waals surface area contributed by atoms with Crippen molar-refractivity contribution in [3.05, 3.63) is 47.6 Å². The molecule has 2 heterocycles. The van der Waals surface area contributed by atoms with Crippen LogP contribution in [0.2, 0.25) is 0 Å². The summed E-state index contributed by atoms with van der Waals surface area (Å²) in [5.41, 5.74) is 1.81. The first-order valence-electron chi connectivity index (χ1n) is 8.54. The highest BCUT2D eigenvalue weighted by molar-refractivity contribution is 5.91. The minimum Gasteiger partial charge on any atom is -0.393 e. The third-order valence-electron chi connectivity index (χ3n) is 4.94. The molecule has 4 rings (SSSR count). The Morgan fingerprint density at radius 2 is 2.21 bits per heavy atom. The van der Waals surface area contributed by atoms with Crippen LogP contribution in [0.4, 0.5) is 0 Å². The molecule has 2 aromatic heterocycles. The van der Waals surface area contributed by atoms with Crippen LogP contribution in [0, 0.1) is 5.92 Å². The summed E-state index contributed by atoms with van der Waals surface area (Å²) in [6.45, 7) is 0. The molecule has 0 saturated heterocycles. The van der Waals surface area contributed by atoms with Crippen LogP contribution in [0.5, 0.6) is 0 Å². The Hall–Kier alpha value is -2.21. The molecule has 0 radical (unpaired) electrons. The molecule has 0 bridgehead atoms. The first kappa shape index (κ1) is 15.3. The Morgan fingerprint density at radius 3 is 2.88 bits per heavy atom. The number of nitrogens with one attached hydrogen (secondary N) is 1.